The first-order valence-corrected chi connectivity index (χ1v) is 4.32. The van der Waals surface area contributed by atoms with Gasteiger partial charge in [0.25, 0.3) is 0 Å². The molecular weight excluding hydrogens is 157 g/mol. The Morgan fingerprint density at radius 3 is 2.73 bits per heavy atom. The molecule has 3 heteroatoms. The second-order valence-corrected chi connectivity index (χ2v) is 3.70. The van der Waals surface area contributed by atoms with Crippen molar-refractivity contribution in [1.29, 1.82) is 0 Å². The third kappa shape index (κ3) is 1.56. The maximum Gasteiger partial charge on any atom is 0.0770 e. The van der Waals surface area contributed by atoms with Crippen LogP contribution in [0.4, 0.5) is 0 Å². The van der Waals surface area contributed by atoms with Gasteiger partial charge in [-0.25, -0.2) is 0 Å². The van der Waals surface area contributed by atoms with Crippen molar-refractivity contribution in [2.45, 2.75) is 25.4 Å². The summed E-state index contributed by atoms with van der Waals surface area (Å²) in [6, 6.07) is 0.410. The van der Waals surface area contributed by atoms with Crippen molar-refractivity contribution in [3.05, 3.63) is 0 Å². The van der Waals surface area contributed by atoms with Crippen LogP contribution in [0.15, 0.2) is 0 Å². The molecule has 4 atom stereocenters. The van der Waals surface area contributed by atoms with Crippen LogP contribution < -0.4 is 0 Å². The van der Waals surface area contributed by atoms with Crippen LogP contribution in [0.5, 0.6) is 0 Å². The van der Waals surface area contributed by atoms with Crippen molar-refractivity contribution in [2.75, 3.05) is 6.61 Å². The standard InChI is InChI=1S/C8H14NOP/c1-3-8-6(2)4-7(5-10)9(8)11/h1,6-8,10H,4-5,11H2,2H3/t6-,7?,8+/m0/s1. The average molecular weight is 171 g/mol. The minimum Gasteiger partial charge on any atom is -0.395 e. The SMILES string of the molecule is C#C[C@@H]1[C@@H](C)CC(CO)N1P. The van der Waals surface area contributed by atoms with Crippen molar-refractivity contribution in [2.24, 2.45) is 5.92 Å². The van der Waals surface area contributed by atoms with Crippen LogP contribution in [-0.2, 0) is 0 Å². The molecule has 62 valence electrons. The molecule has 1 heterocycles. The van der Waals surface area contributed by atoms with E-state index in [9.17, 15) is 0 Å². The van der Waals surface area contributed by atoms with Crippen molar-refractivity contribution in [1.82, 2.24) is 4.67 Å². The van der Waals surface area contributed by atoms with E-state index < -0.39 is 0 Å². The molecule has 0 saturated carbocycles. The van der Waals surface area contributed by atoms with Gasteiger partial charge in [0.1, 0.15) is 0 Å². The molecule has 0 bridgehead atoms. The largest absolute Gasteiger partial charge is 0.395 e. The molecule has 0 aromatic heterocycles. The molecule has 1 aliphatic heterocycles. The first kappa shape index (κ1) is 9.00. The Labute approximate surface area is 70.2 Å². The summed E-state index contributed by atoms with van der Waals surface area (Å²) in [5, 5.41) is 8.94. The van der Waals surface area contributed by atoms with Crippen LogP contribution >= 0.6 is 9.39 Å². The number of aliphatic hydroxyl groups excluding tert-OH is 1. The zero-order chi connectivity index (χ0) is 8.43. The van der Waals surface area contributed by atoms with Crippen LogP contribution in [-0.4, -0.2) is 28.5 Å². The molecule has 11 heavy (non-hydrogen) atoms. The van der Waals surface area contributed by atoms with E-state index >= 15 is 0 Å². The van der Waals surface area contributed by atoms with Gasteiger partial charge in [0, 0.05) is 6.04 Å². The Hall–Kier alpha value is -0.0900. The number of hydrogen-bond acceptors (Lipinski definition) is 2. The molecule has 1 saturated heterocycles. The van der Waals surface area contributed by atoms with Crippen LogP contribution in [0.2, 0.25) is 0 Å². The van der Waals surface area contributed by atoms with Gasteiger partial charge in [0.05, 0.1) is 12.6 Å². The molecule has 0 aromatic carbocycles. The molecule has 2 unspecified atom stereocenters. The quantitative estimate of drug-likeness (QED) is 0.458. The van der Waals surface area contributed by atoms with E-state index in [2.05, 4.69) is 22.2 Å². The lowest BCUT2D eigenvalue weighted by atomic mass is 10.0. The Morgan fingerprint density at radius 1 is 1.82 bits per heavy atom. The fraction of sp³-hybridized carbons (Fsp3) is 0.750. The molecule has 1 N–H and O–H groups in total. The molecule has 0 amide bonds. The summed E-state index contributed by atoms with van der Waals surface area (Å²) in [5.74, 6) is 3.22. The normalized spacial score (nSPS) is 38.9. The highest BCUT2D eigenvalue weighted by molar-refractivity contribution is 7.13. The smallest absolute Gasteiger partial charge is 0.0770 e. The van der Waals surface area contributed by atoms with Crippen molar-refractivity contribution in [3.8, 4) is 12.3 Å². The Morgan fingerprint density at radius 2 is 2.45 bits per heavy atom. The zero-order valence-electron chi connectivity index (χ0n) is 6.70. The van der Waals surface area contributed by atoms with Gasteiger partial charge in [0.2, 0.25) is 0 Å². The molecular formula is C8H14NOP. The second kappa shape index (κ2) is 3.54. The van der Waals surface area contributed by atoms with E-state index in [-0.39, 0.29) is 18.7 Å². The topological polar surface area (TPSA) is 23.5 Å². The van der Waals surface area contributed by atoms with Crippen LogP contribution in [0.3, 0.4) is 0 Å². The molecule has 0 aromatic rings. The van der Waals surface area contributed by atoms with Gasteiger partial charge < -0.3 is 5.11 Å². The number of nitrogens with zero attached hydrogens (tertiary/aromatic N) is 1. The summed E-state index contributed by atoms with van der Waals surface area (Å²) >= 11 is 0. The fourth-order valence-electron chi connectivity index (χ4n) is 1.62. The molecule has 1 fully saturated rings. The third-order valence-electron chi connectivity index (χ3n) is 2.31. The molecule has 0 spiro atoms. The van der Waals surface area contributed by atoms with Crippen LogP contribution in [0.1, 0.15) is 13.3 Å². The Kier molecular flexibility index (Phi) is 2.90. The monoisotopic (exact) mass is 171 g/mol. The average Bonchev–Trinajstić information content (AvgIpc) is 2.26. The fourth-order valence-corrected chi connectivity index (χ4v) is 2.22. The summed E-state index contributed by atoms with van der Waals surface area (Å²) in [7, 11) is 2.60. The van der Waals surface area contributed by atoms with E-state index in [1.54, 1.807) is 0 Å². The van der Waals surface area contributed by atoms with Crippen molar-refractivity contribution < 1.29 is 5.11 Å². The lowest BCUT2D eigenvalue weighted by molar-refractivity contribution is 0.214. The van der Waals surface area contributed by atoms with E-state index in [1.165, 1.54) is 0 Å². The van der Waals surface area contributed by atoms with Gasteiger partial charge in [-0.15, -0.1) is 6.42 Å². The van der Waals surface area contributed by atoms with Gasteiger partial charge in [-0.2, -0.15) is 0 Å². The van der Waals surface area contributed by atoms with E-state index in [4.69, 9.17) is 11.5 Å². The predicted molar refractivity (Wildman–Crippen MR) is 48.8 cm³/mol. The molecule has 0 aliphatic carbocycles. The third-order valence-corrected chi connectivity index (χ3v) is 3.05. The number of terminal acetylenes is 1. The Balaban J connectivity index is 2.64. The maximum atomic E-state index is 8.94. The predicted octanol–water partition coefficient (Wildman–Crippen LogP) is 0.481. The highest BCUT2D eigenvalue weighted by Crippen LogP contribution is 2.31. The lowest BCUT2D eigenvalue weighted by Crippen LogP contribution is -2.29. The summed E-state index contributed by atoms with van der Waals surface area (Å²) < 4.78 is 2.00. The molecule has 2 nitrogen and oxygen atoms in total. The van der Waals surface area contributed by atoms with E-state index in [1.807, 2.05) is 4.67 Å². The lowest BCUT2D eigenvalue weighted by Gasteiger charge is -2.20. The summed E-state index contributed by atoms with van der Waals surface area (Å²) in [5.41, 5.74) is 0. The Bertz CT molecular complexity index is 177. The summed E-state index contributed by atoms with van der Waals surface area (Å²) in [6.07, 6.45) is 6.34. The number of hydrogen-bond donors (Lipinski definition) is 1. The summed E-state index contributed by atoms with van der Waals surface area (Å²) in [6.45, 7) is 2.32. The minimum absolute atomic E-state index is 0.178. The summed E-state index contributed by atoms with van der Waals surface area (Å²) in [4.78, 5) is 0. The van der Waals surface area contributed by atoms with Crippen LogP contribution in [0.25, 0.3) is 0 Å². The van der Waals surface area contributed by atoms with Gasteiger partial charge in [-0.05, 0) is 12.3 Å². The van der Waals surface area contributed by atoms with Crippen LogP contribution in [0, 0.1) is 18.3 Å². The molecule has 1 aliphatic rings. The number of aliphatic hydroxyl groups is 1. The highest BCUT2D eigenvalue weighted by Gasteiger charge is 2.34. The number of rotatable bonds is 1. The van der Waals surface area contributed by atoms with Gasteiger partial charge in [-0.1, -0.05) is 22.2 Å². The van der Waals surface area contributed by atoms with Gasteiger partial charge >= 0.3 is 0 Å². The maximum absolute atomic E-state index is 8.94. The zero-order valence-corrected chi connectivity index (χ0v) is 7.85. The molecule has 1 rings (SSSR count). The van der Waals surface area contributed by atoms with Crippen molar-refractivity contribution in [3.63, 3.8) is 0 Å². The van der Waals surface area contributed by atoms with E-state index in [0.29, 0.717) is 5.92 Å². The minimum atomic E-state index is 0.178. The first-order valence-electron chi connectivity index (χ1n) is 3.80. The molecule has 0 radical (unpaired) electrons. The van der Waals surface area contributed by atoms with E-state index in [0.717, 1.165) is 6.42 Å². The highest BCUT2D eigenvalue weighted by atomic mass is 31.0. The second-order valence-electron chi connectivity index (χ2n) is 3.11. The van der Waals surface area contributed by atoms with Gasteiger partial charge in [-0.3, -0.25) is 4.67 Å². The van der Waals surface area contributed by atoms with Crippen molar-refractivity contribution >= 4 is 9.39 Å². The van der Waals surface area contributed by atoms with Gasteiger partial charge in [0.15, 0.2) is 0 Å². The first-order chi connectivity index (χ1) is 5.20.